The van der Waals surface area contributed by atoms with Gasteiger partial charge < -0.3 is 29.8 Å². The molecule has 4 rings (SSSR count). The van der Waals surface area contributed by atoms with Crippen LogP contribution in [0.3, 0.4) is 0 Å². The average Bonchev–Trinajstić information content (AvgIpc) is 3.36. The van der Waals surface area contributed by atoms with Crippen molar-refractivity contribution in [1.29, 1.82) is 0 Å². The Labute approximate surface area is 253 Å². The first-order valence-corrected chi connectivity index (χ1v) is 15.4. The Kier molecular flexibility index (Phi) is 11.5. The van der Waals surface area contributed by atoms with E-state index in [1.165, 1.54) is 11.0 Å². The van der Waals surface area contributed by atoms with E-state index >= 15 is 0 Å². The Morgan fingerprint density at radius 3 is 2.35 bits per heavy atom. The van der Waals surface area contributed by atoms with Crippen LogP contribution in [-0.4, -0.2) is 54.3 Å². The molecule has 2 amide bonds. The van der Waals surface area contributed by atoms with Gasteiger partial charge in [-0.25, -0.2) is 0 Å². The van der Waals surface area contributed by atoms with Crippen LogP contribution in [0.4, 0.5) is 0 Å². The summed E-state index contributed by atoms with van der Waals surface area (Å²) in [4.78, 5) is 38.5. The number of carboxylic acid groups (broad SMARTS) is 1. The third-order valence-corrected chi connectivity index (χ3v) is 8.41. The second-order valence-corrected chi connectivity index (χ2v) is 11.6. The second kappa shape index (κ2) is 15.5. The molecule has 3 N–H and O–H groups in total. The van der Waals surface area contributed by atoms with Crippen LogP contribution in [0.1, 0.15) is 79.4 Å². The van der Waals surface area contributed by atoms with Gasteiger partial charge in [-0.15, -0.1) is 0 Å². The number of carboxylic acids is 1. The summed E-state index contributed by atoms with van der Waals surface area (Å²) in [5.74, 6) is 0.360. The molecule has 0 saturated heterocycles. The van der Waals surface area contributed by atoms with Gasteiger partial charge in [0.25, 0.3) is 5.91 Å². The first-order valence-electron chi connectivity index (χ1n) is 15.4. The lowest BCUT2D eigenvalue weighted by molar-refractivity contribution is -0.137. The number of ether oxygens (including phenoxy) is 2. The summed E-state index contributed by atoms with van der Waals surface area (Å²) in [6.45, 7) is 2.19. The van der Waals surface area contributed by atoms with Crippen molar-refractivity contribution < 1.29 is 29.0 Å². The molecule has 1 atom stereocenters. The number of nitrogens with zero attached hydrogens (tertiary/aromatic N) is 1. The van der Waals surface area contributed by atoms with Crippen molar-refractivity contribution in [3.8, 4) is 11.5 Å². The van der Waals surface area contributed by atoms with Crippen molar-refractivity contribution in [2.24, 2.45) is 5.92 Å². The van der Waals surface area contributed by atoms with Gasteiger partial charge in [-0.2, -0.15) is 0 Å². The van der Waals surface area contributed by atoms with E-state index in [2.05, 4.69) is 10.6 Å². The monoisotopic (exact) mass is 591 g/mol. The van der Waals surface area contributed by atoms with Gasteiger partial charge in [-0.05, 0) is 68.4 Å². The third-order valence-electron chi connectivity index (χ3n) is 8.41. The minimum absolute atomic E-state index is 0.193. The number of benzene rings is 2. The Balaban J connectivity index is 1.37. The molecule has 232 valence electrons. The predicted molar refractivity (Wildman–Crippen MR) is 167 cm³/mol. The lowest BCUT2D eigenvalue weighted by Crippen LogP contribution is -2.48. The maximum Gasteiger partial charge on any atom is 0.323 e. The average molecular weight is 592 g/mol. The number of aliphatic carboxylic acids is 1. The van der Waals surface area contributed by atoms with Crippen LogP contribution in [0, 0.1) is 12.8 Å². The molecule has 0 bridgehead atoms. The molecule has 9 nitrogen and oxygen atoms in total. The van der Waals surface area contributed by atoms with E-state index in [4.69, 9.17) is 9.47 Å². The van der Waals surface area contributed by atoms with E-state index in [1.807, 2.05) is 37.3 Å². The maximum absolute atomic E-state index is 13.5. The van der Waals surface area contributed by atoms with Crippen LogP contribution in [0.25, 0.3) is 10.9 Å². The molecule has 1 heterocycles. The highest BCUT2D eigenvalue weighted by Crippen LogP contribution is 2.32. The van der Waals surface area contributed by atoms with Crippen LogP contribution < -0.4 is 20.1 Å². The van der Waals surface area contributed by atoms with Gasteiger partial charge in [-0.3, -0.25) is 14.4 Å². The molecule has 0 radical (unpaired) electrons. The Hall–Kier alpha value is -4.01. The van der Waals surface area contributed by atoms with Crippen LogP contribution in [-0.2, 0) is 22.6 Å². The zero-order chi connectivity index (χ0) is 30.8. The molecule has 9 heteroatoms. The fraction of sp³-hybridized carbons (Fsp3) is 0.500. The minimum atomic E-state index is -1.04. The minimum Gasteiger partial charge on any atom is -0.496 e. The summed E-state index contributed by atoms with van der Waals surface area (Å²) in [5.41, 5.74) is 3.05. The first-order chi connectivity index (χ1) is 20.8. The Morgan fingerprint density at radius 2 is 1.67 bits per heavy atom. The molecular formula is C34H45N3O6. The summed E-state index contributed by atoms with van der Waals surface area (Å²) < 4.78 is 12.6. The molecular weight excluding hydrogens is 546 g/mol. The lowest BCUT2D eigenvalue weighted by atomic mass is 9.84. The number of methoxy groups -OCH3 is 2. The van der Waals surface area contributed by atoms with Crippen LogP contribution in [0.2, 0.25) is 0 Å². The van der Waals surface area contributed by atoms with Gasteiger partial charge in [0.1, 0.15) is 29.8 Å². The van der Waals surface area contributed by atoms with Gasteiger partial charge in [-0.1, -0.05) is 56.7 Å². The largest absolute Gasteiger partial charge is 0.496 e. The Morgan fingerprint density at radius 1 is 0.977 bits per heavy atom. The molecule has 1 saturated carbocycles. The molecule has 0 unspecified atom stereocenters. The highest BCUT2D eigenvalue weighted by molar-refractivity contribution is 6.01. The number of nitrogens with one attached hydrogen (secondary N) is 2. The summed E-state index contributed by atoms with van der Waals surface area (Å²) in [7, 11) is 3.34. The van der Waals surface area contributed by atoms with Crippen molar-refractivity contribution in [2.45, 2.75) is 83.7 Å². The van der Waals surface area contributed by atoms with E-state index in [-0.39, 0.29) is 18.1 Å². The van der Waals surface area contributed by atoms with Crippen LogP contribution in [0.5, 0.6) is 11.5 Å². The quantitative estimate of drug-likeness (QED) is 0.197. The van der Waals surface area contributed by atoms with Gasteiger partial charge in [0.05, 0.1) is 14.2 Å². The number of para-hydroxylation sites is 1. The van der Waals surface area contributed by atoms with E-state index in [1.54, 1.807) is 26.4 Å². The number of aromatic nitrogens is 1. The van der Waals surface area contributed by atoms with Gasteiger partial charge in [0, 0.05) is 23.0 Å². The number of fused-ring (bicyclic) bond motifs is 1. The molecule has 1 aromatic heterocycles. The number of carbonyl (C=O) groups excluding carboxylic acids is 2. The number of aryl methyl sites for hydroxylation is 1. The van der Waals surface area contributed by atoms with E-state index in [9.17, 15) is 19.5 Å². The molecule has 1 aliphatic rings. The van der Waals surface area contributed by atoms with Crippen LogP contribution >= 0.6 is 0 Å². The van der Waals surface area contributed by atoms with Crippen LogP contribution in [0.15, 0.2) is 42.5 Å². The normalized spacial score (nSPS) is 14.3. The highest BCUT2D eigenvalue weighted by atomic mass is 16.5. The number of amides is 2. The third kappa shape index (κ3) is 8.52. The molecule has 3 aromatic rings. The molecule has 0 spiro atoms. The van der Waals surface area contributed by atoms with Gasteiger partial charge >= 0.3 is 5.97 Å². The SMILES string of the molecule is COc1cc(C)cc(OC)c1CCCCCNC(=O)[C@@H](CC1CCCCC1)NC(=O)c1cc2ccccc2n1CC(=O)O. The fourth-order valence-corrected chi connectivity index (χ4v) is 6.22. The number of carbonyl (C=O) groups is 3. The van der Waals surface area contributed by atoms with E-state index < -0.39 is 17.9 Å². The lowest BCUT2D eigenvalue weighted by Gasteiger charge is -2.27. The summed E-state index contributed by atoms with van der Waals surface area (Å²) in [6, 6.07) is 12.3. The number of rotatable bonds is 15. The second-order valence-electron chi connectivity index (χ2n) is 11.6. The summed E-state index contributed by atoms with van der Waals surface area (Å²) in [6.07, 6.45) is 9.59. The number of hydrogen-bond acceptors (Lipinski definition) is 5. The van der Waals surface area contributed by atoms with Gasteiger partial charge in [0.15, 0.2) is 0 Å². The highest BCUT2D eigenvalue weighted by Gasteiger charge is 2.28. The topological polar surface area (TPSA) is 119 Å². The smallest absolute Gasteiger partial charge is 0.323 e. The zero-order valence-electron chi connectivity index (χ0n) is 25.6. The molecule has 43 heavy (non-hydrogen) atoms. The molecule has 1 aliphatic carbocycles. The zero-order valence-corrected chi connectivity index (χ0v) is 25.6. The Bertz CT molecular complexity index is 1380. The van der Waals surface area contributed by atoms with Gasteiger partial charge in [0.2, 0.25) is 5.91 Å². The maximum atomic E-state index is 13.5. The number of unbranched alkanes of at least 4 members (excludes halogenated alkanes) is 2. The van der Waals surface area contributed by atoms with Crippen molar-refractivity contribution >= 4 is 28.7 Å². The number of hydrogen-bond donors (Lipinski definition) is 3. The standard InChI is InChI=1S/C34H45N3O6/c1-23-18-30(42-2)26(31(19-23)43-3)15-8-5-11-17-35-33(40)27(20-24-12-6-4-7-13-24)36-34(41)29-21-25-14-9-10-16-28(25)37(29)22-32(38)39/h9-10,14,16,18-19,21,24,27H,4-8,11-13,15,17,20,22H2,1-3H3,(H,35,40)(H,36,41)(H,38,39)/t27-/m1/s1. The van der Waals surface area contributed by atoms with E-state index in [0.29, 0.717) is 24.4 Å². The summed E-state index contributed by atoms with van der Waals surface area (Å²) >= 11 is 0. The van der Waals surface area contributed by atoms with E-state index in [0.717, 1.165) is 79.4 Å². The molecule has 1 fully saturated rings. The first kappa shape index (κ1) is 31.9. The van der Waals surface area contributed by atoms with Crippen molar-refractivity contribution in [1.82, 2.24) is 15.2 Å². The van der Waals surface area contributed by atoms with Crippen molar-refractivity contribution in [2.75, 3.05) is 20.8 Å². The van der Waals surface area contributed by atoms with Crippen molar-refractivity contribution in [3.05, 3.63) is 59.3 Å². The molecule has 2 aromatic carbocycles. The predicted octanol–water partition coefficient (Wildman–Crippen LogP) is 5.65. The summed E-state index contributed by atoms with van der Waals surface area (Å²) in [5, 5.41) is 16.3. The molecule has 0 aliphatic heterocycles. The van der Waals surface area contributed by atoms with Crippen molar-refractivity contribution in [3.63, 3.8) is 0 Å². The fourth-order valence-electron chi connectivity index (χ4n) is 6.22.